The van der Waals surface area contributed by atoms with Gasteiger partial charge >= 0.3 is 5.97 Å². The molecular weight excluding hydrogens is 250 g/mol. The molecule has 0 spiro atoms. The van der Waals surface area contributed by atoms with Crippen molar-refractivity contribution in [1.29, 1.82) is 0 Å². The quantitative estimate of drug-likeness (QED) is 0.404. The molecule has 0 heterocycles. The van der Waals surface area contributed by atoms with E-state index in [1.165, 1.54) is 0 Å². The number of nitrogens with two attached hydrogens (primary N) is 1. The molecule has 3 heteroatoms. The fourth-order valence-corrected chi connectivity index (χ4v) is 3.01. The first-order valence-corrected chi connectivity index (χ1v) is 6.36. The maximum Gasteiger partial charge on any atom is 0.336 e. The minimum absolute atomic E-state index is 0.328. The van der Waals surface area contributed by atoms with Gasteiger partial charge in [-0.05, 0) is 39.1 Å². The molecule has 0 aliphatic carbocycles. The van der Waals surface area contributed by atoms with Crippen molar-refractivity contribution >= 4 is 44.0 Å². The van der Waals surface area contributed by atoms with Gasteiger partial charge in [-0.25, -0.2) is 4.79 Å². The van der Waals surface area contributed by atoms with Gasteiger partial charge in [0.05, 0.1) is 5.56 Å². The van der Waals surface area contributed by atoms with Gasteiger partial charge in [-0.15, -0.1) is 0 Å². The Kier molecular flexibility index (Phi) is 1.99. The lowest BCUT2D eigenvalue weighted by Crippen LogP contribution is -1.98. The summed E-state index contributed by atoms with van der Waals surface area (Å²) in [5.74, 6) is -0.907. The maximum atomic E-state index is 11.4. The van der Waals surface area contributed by atoms with Crippen LogP contribution in [0.3, 0.4) is 0 Å². The first kappa shape index (κ1) is 11.1. The van der Waals surface area contributed by atoms with Crippen LogP contribution in [0.5, 0.6) is 0 Å². The van der Waals surface area contributed by atoms with Gasteiger partial charge in [0.15, 0.2) is 0 Å². The van der Waals surface area contributed by atoms with Gasteiger partial charge in [0.25, 0.3) is 0 Å². The molecule has 0 aliphatic rings. The molecule has 0 aliphatic heterocycles. The Labute approximate surface area is 114 Å². The van der Waals surface area contributed by atoms with Crippen LogP contribution in [0.4, 0.5) is 5.69 Å². The highest BCUT2D eigenvalue weighted by Crippen LogP contribution is 2.37. The van der Waals surface area contributed by atoms with Crippen molar-refractivity contribution in [2.24, 2.45) is 0 Å². The van der Waals surface area contributed by atoms with Gasteiger partial charge in [-0.1, -0.05) is 36.4 Å². The zero-order chi connectivity index (χ0) is 13.9. The van der Waals surface area contributed by atoms with E-state index in [-0.39, 0.29) is 0 Å². The zero-order valence-electron chi connectivity index (χ0n) is 10.6. The van der Waals surface area contributed by atoms with Crippen LogP contribution in [-0.2, 0) is 0 Å². The molecule has 4 aromatic carbocycles. The Morgan fingerprint density at radius 3 is 2.05 bits per heavy atom. The Bertz CT molecular complexity index is 988. The number of rotatable bonds is 1. The van der Waals surface area contributed by atoms with E-state index in [0.717, 1.165) is 32.3 Å². The van der Waals surface area contributed by atoms with Crippen molar-refractivity contribution in [2.75, 3.05) is 5.73 Å². The highest BCUT2D eigenvalue weighted by molar-refractivity contribution is 6.27. The van der Waals surface area contributed by atoms with Crippen LogP contribution in [0.15, 0.2) is 48.5 Å². The van der Waals surface area contributed by atoms with E-state index >= 15 is 0 Å². The average molecular weight is 261 g/mol. The normalized spacial score (nSPS) is 11.6. The molecule has 0 unspecified atom stereocenters. The van der Waals surface area contributed by atoms with Gasteiger partial charge in [0, 0.05) is 11.1 Å². The molecule has 0 amide bonds. The molecule has 20 heavy (non-hydrogen) atoms. The molecule has 0 bridgehead atoms. The Hall–Kier alpha value is -2.81. The van der Waals surface area contributed by atoms with Gasteiger partial charge in [-0.2, -0.15) is 0 Å². The predicted octanol–water partition coefficient (Wildman–Crippen LogP) is 3.86. The van der Waals surface area contributed by atoms with Gasteiger partial charge in [0.2, 0.25) is 0 Å². The molecule has 0 saturated heterocycles. The van der Waals surface area contributed by atoms with Crippen molar-refractivity contribution < 1.29 is 9.90 Å². The van der Waals surface area contributed by atoms with Crippen molar-refractivity contribution in [2.45, 2.75) is 0 Å². The minimum atomic E-state index is -0.907. The molecule has 0 radical (unpaired) electrons. The molecule has 96 valence electrons. The van der Waals surface area contributed by atoms with Crippen LogP contribution >= 0.6 is 0 Å². The number of carboxylic acids is 1. The van der Waals surface area contributed by atoms with E-state index < -0.39 is 5.97 Å². The third-order valence-corrected chi connectivity index (χ3v) is 3.93. The van der Waals surface area contributed by atoms with E-state index in [9.17, 15) is 9.90 Å². The average Bonchev–Trinajstić information content (AvgIpc) is 2.46. The van der Waals surface area contributed by atoms with Gasteiger partial charge in [-0.3, -0.25) is 0 Å². The number of hydrogen-bond acceptors (Lipinski definition) is 2. The summed E-state index contributed by atoms with van der Waals surface area (Å²) in [5.41, 5.74) is 7.09. The van der Waals surface area contributed by atoms with Gasteiger partial charge in [0.1, 0.15) is 0 Å². The monoisotopic (exact) mass is 261 g/mol. The van der Waals surface area contributed by atoms with Crippen molar-refractivity contribution in [3.05, 3.63) is 54.1 Å². The fourth-order valence-electron chi connectivity index (χ4n) is 3.01. The lowest BCUT2D eigenvalue weighted by Gasteiger charge is -2.13. The van der Waals surface area contributed by atoms with Gasteiger partial charge < -0.3 is 10.8 Å². The summed E-state index contributed by atoms with van der Waals surface area (Å²) in [6.07, 6.45) is 0. The second-order valence-corrected chi connectivity index (χ2v) is 5.00. The fraction of sp³-hybridized carbons (Fsp3) is 0. The molecule has 0 fully saturated rings. The Morgan fingerprint density at radius 2 is 1.35 bits per heavy atom. The third kappa shape index (κ3) is 1.26. The second kappa shape index (κ2) is 3.61. The standard InChI is InChI=1S/C17H11NO2/c18-14-8-4-10-1-5-11-12(17(19)20)6-2-9-3-7-13(14)16(10)15(9)11/h1-8H,18H2,(H,19,20). The number of carboxylic acid groups (broad SMARTS) is 1. The number of benzene rings is 4. The number of aromatic carboxylic acids is 1. The summed E-state index contributed by atoms with van der Waals surface area (Å²) >= 11 is 0. The zero-order valence-corrected chi connectivity index (χ0v) is 10.6. The summed E-state index contributed by atoms with van der Waals surface area (Å²) in [4.78, 5) is 11.4. The lowest BCUT2D eigenvalue weighted by molar-refractivity contribution is 0.0699. The van der Waals surface area contributed by atoms with Crippen molar-refractivity contribution in [3.63, 3.8) is 0 Å². The largest absolute Gasteiger partial charge is 0.478 e. The number of hydrogen-bond donors (Lipinski definition) is 2. The minimum Gasteiger partial charge on any atom is -0.478 e. The lowest BCUT2D eigenvalue weighted by atomic mass is 9.91. The van der Waals surface area contributed by atoms with E-state index in [1.54, 1.807) is 6.07 Å². The van der Waals surface area contributed by atoms with Crippen LogP contribution in [0.25, 0.3) is 32.3 Å². The highest BCUT2D eigenvalue weighted by Gasteiger charge is 2.14. The second-order valence-electron chi connectivity index (χ2n) is 5.00. The number of nitrogen functional groups attached to an aromatic ring is 1. The van der Waals surface area contributed by atoms with Crippen LogP contribution in [-0.4, -0.2) is 11.1 Å². The summed E-state index contributed by atoms with van der Waals surface area (Å²) in [5, 5.41) is 15.2. The number of anilines is 1. The van der Waals surface area contributed by atoms with E-state index in [4.69, 9.17) is 5.73 Å². The highest BCUT2D eigenvalue weighted by atomic mass is 16.4. The molecular formula is C17H11NO2. The predicted molar refractivity (Wildman–Crippen MR) is 81.5 cm³/mol. The molecule has 0 atom stereocenters. The van der Waals surface area contributed by atoms with Crippen LogP contribution in [0.2, 0.25) is 0 Å². The summed E-state index contributed by atoms with van der Waals surface area (Å²) < 4.78 is 0. The Morgan fingerprint density at radius 1 is 0.800 bits per heavy atom. The molecule has 4 aromatic rings. The summed E-state index contributed by atoms with van der Waals surface area (Å²) in [6.45, 7) is 0. The van der Waals surface area contributed by atoms with E-state index in [0.29, 0.717) is 11.3 Å². The maximum absolute atomic E-state index is 11.4. The smallest absolute Gasteiger partial charge is 0.336 e. The third-order valence-electron chi connectivity index (χ3n) is 3.93. The Balaban J connectivity index is 2.38. The first-order chi connectivity index (χ1) is 9.66. The summed E-state index contributed by atoms with van der Waals surface area (Å²) in [6, 6.07) is 15.2. The number of carbonyl (C=O) groups is 1. The van der Waals surface area contributed by atoms with Crippen molar-refractivity contribution in [1.82, 2.24) is 0 Å². The van der Waals surface area contributed by atoms with Crippen LogP contribution in [0.1, 0.15) is 10.4 Å². The SMILES string of the molecule is Nc1ccc2ccc3c(C(=O)O)ccc4ccc1c2c43. The van der Waals surface area contributed by atoms with E-state index in [1.807, 2.05) is 42.5 Å². The molecule has 0 aromatic heterocycles. The topological polar surface area (TPSA) is 63.3 Å². The van der Waals surface area contributed by atoms with Crippen LogP contribution < -0.4 is 5.73 Å². The first-order valence-electron chi connectivity index (χ1n) is 6.36. The molecule has 4 rings (SSSR count). The summed E-state index contributed by atoms with van der Waals surface area (Å²) in [7, 11) is 0. The van der Waals surface area contributed by atoms with E-state index in [2.05, 4.69) is 0 Å². The molecule has 0 saturated carbocycles. The van der Waals surface area contributed by atoms with Crippen LogP contribution in [0, 0.1) is 0 Å². The van der Waals surface area contributed by atoms with Crippen molar-refractivity contribution in [3.8, 4) is 0 Å². The molecule has 3 nitrogen and oxygen atoms in total. The molecule has 3 N–H and O–H groups in total.